The average Bonchev–Trinajstić information content (AvgIpc) is 1.64. The maximum atomic E-state index is 14.2. The number of unbranched alkanes of at least 4 members (excludes halogenated alkanes) is 2. The summed E-state index contributed by atoms with van der Waals surface area (Å²) in [7, 11) is 3.73. The number of rotatable bonds is 50. The van der Waals surface area contributed by atoms with Crippen molar-refractivity contribution >= 4 is 93.5 Å². The highest BCUT2D eigenvalue weighted by Crippen LogP contribution is 2.42. The number of likely N-dealkylation sites (tertiary alicyclic amines) is 1. The van der Waals surface area contributed by atoms with E-state index in [1.807, 2.05) is 77.5 Å². The number of anilines is 2. The number of aryl methyl sites for hydroxylation is 1. The van der Waals surface area contributed by atoms with E-state index < -0.39 is 12.0 Å². The van der Waals surface area contributed by atoms with Gasteiger partial charge in [0.2, 0.25) is 29.5 Å². The Morgan fingerprint density at radius 2 is 1.03 bits per heavy atom. The molecule has 2 saturated heterocycles. The molecule has 29 heteroatoms. The Bertz CT molecular complexity index is 4050. The zero-order valence-corrected chi connectivity index (χ0v) is 68.0. The van der Waals surface area contributed by atoms with E-state index in [4.69, 9.17) is 62.1 Å². The molecule has 4 aromatic carbocycles. The first kappa shape index (κ1) is 88.1. The number of ketones is 1. The number of likely N-dealkylation sites (N-methyl/N-ethyl adjacent to an activating group) is 1. The zero-order valence-electron chi connectivity index (χ0n) is 68.0. The van der Waals surface area contributed by atoms with Gasteiger partial charge in [0.05, 0.1) is 167 Å². The van der Waals surface area contributed by atoms with Gasteiger partial charge in [-0.1, -0.05) is 58.9 Å². The molecule has 6 heterocycles. The third kappa shape index (κ3) is 26.1. The predicted octanol–water partition coefficient (Wildman–Crippen LogP) is 9.06. The maximum absolute atomic E-state index is 14.2. The molecule has 10 rings (SSSR count). The van der Waals surface area contributed by atoms with Gasteiger partial charge >= 0.3 is 0 Å². The lowest BCUT2D eigenvalue weighted by Gasteiger charge is -2.34. The molecule has 3 N–H and O–H groups in total. The van der Waals surface area contributed by atoms with Gasteiger partial charge in [0.15, 0.2) is 17.3 Å². The Labute approximate surface area is 675 Å². The summed E-state index contributed by atoms with van der Waals surface area (Å²) in [5, 5.41) is 8.51. The van der Waals surface area contributed by atoms with E-state index in [-0.39, 0.29) is 122 Å². The number of methoxy groups -OCH3 is 1. The van der Waals surface area contributed by atoms with E-state index in [0.29, 0.717) is 171 Å². The molecule has 6 aliphatic heterocycles. The Hall–Kier alpha value is -9.30. The third-order valence-electron chi connectivity index (χ3n) is 20.9. The van der Waals surface area contributed by atoms with Crippen LogP contribution in [-0.2, 0) is 66.7 Å². The first-order valence-electron chi connectivity index (χ1n) is 40.5. The average molecular weight is 1590 g/mol. The number of piperazine rings is 1. The summed E-state index contributed by atoms with van der Waals surface area (Å²) >= 11 is 0. The zero-order chi connectivity index (χ0) is 81.6. The number of hydrogen-bond acceptors (Lipinski definition) is 23. The van der Waals surface area contributed by atoms with Crippen LogP contribution < -0.4 is 35.1 Å². The van der Waals surface area contributed by atoms with Crippen LogP contribution in [0.2, 0.25) is 0 Å². The number of imide groups is 1. The van der Waals surface area contributed by atoms with Gasteiger partial charge in [0.25, 0.3) is 11.8 Å². The fourth-order valence-corrected chi connectivity index (χ4v) is 14.1. The molecule has 624 valence electrons. The number of Topliss-reactive ketones (excluding diaryl/α,β-unsaturated/α-hetero) is 1. The fourth-order valence-electron chi connectivity index (χ4n) is 14.1. The van der Waals surface area contributed by atoms with Crippen molar-refractivity contribution in [3.63, 3.8) is 0 Å². The van der Waals surface area contributed by atoms with Gasteiger partial charge in [-0.25, -0.2) is 0 Å². The number of aliphatic imine (C=N–C) groups is 2. The first-order chi connectivity index (χ1) is 55.7. The van der Waals surface area contributed by atoms with E-state index in [2.05, 4.69) is 57.1 Å². The van der Waals surface area contributed by atoms with Crippen LogP contribution in [0.4, 0.5) is 22.7 Å². The van der Waals surface area contributed by atoms with Crippen LogP contribution in [0, 0.1) is 30.6 Å². The molecule has 115 heavy (non-hydrogen) atoms. The summed E-state index contributed by atoms with van der Waals surface area (Å²) in [5.74, 6) is -1.33. The molecule has 7 amide bonds. The Balaban J connectivity index is 0.522. The topological polar surface area (TPSA) is 315 Å². The summed E-state index contributed by atoms with van der Waals surface area (Å²) in [6.07, 6.45) is 11.3. The number of carbonyl (C=O) groups is 8. The lowest BCUT2D eigenvalue weighted by molar-refractivity contribution is -0.140. The molecule has 4 aromatic rings. The molecule has 5 atom stereocenters. The number of benzene rings is 4. The van der Waals surface area contributed by atoms with Crippen molar-refractivity contribution < 1.29 is 90.5 Å². The minimum absolute atomic E-state index is 0.0469. The number of fused-ring (bicyclic) bond motifs is 4. The molecule has 29 nitrogen and oxygen atoms in total. The molecule has 0 aromatic heterocycles. The summed E-state index contributed by atoms with van der Waals surface area (Å²) in [6, 6.07) is 22.0. The highest BCUT2D eigenvalue weighted by atomic mass is 16.6. The van der Waals surface area contributed by atoms with E-state index in [0.717, 1.165) is 73.3 Å². The van der Waals surface area contributed by atoms with Crippen molar-refractivity contribution in [1.29, 1.82) is 0 Å². The molecule has 6 aliphatic rings. The van der Waals surface area contributed by atoms with Crippen molar-refractivity contribution in [2.75, 3.05) is 183 Å². The molecule has 1 unspecified atom stereocenters. The maximum Gasteiger partial charge on any atom is 0.260 e. The van der Waals surface area contributed by atoms with Gasteiger partial charge in [0, 0.05) is 138 Å². The van der Waals surface area contributed by atoms with Gasteiger partial charge in [0.1, 0.15) is 5.75 Å². The summed E-state index contributed by atoms with van der Waals surface area (Å²) < 4.78 is 62.6. The van der Waals surface area contributed by atoms with Gasteiger partial charge < -0.3 is 87.7 Å². The highest BCUT2D eigenvalue weighted by molar-refractivity contribution is 6.07. The largest absolute Gasteiger partial charge is 0.493 e. The summed E-state index contributed by atoms with van der Waals surface area (Å²) in [4.78, 5) is 124. The monoisotopic (exact) mass is 1590 g/mol. The fraction of sp³-hybridized carbons (Fsp3) is 0.558. The van der Waals surface area contributed by atoms with Crippen molar-refractivity contribution in [3.05, 3.63) is 113 Å². The smallest absolute Gasteiger partial charge is 0.260 e. The summed E-state index contributed by atoms with van der Waals surface area (Å²) in [6.45, 7) is 22.3. The number of nitrogens with zero attached hydrogens (tertiary/aromatic N) is 7. The van der Waals surface area contributed by atoms with E-state index in [1.165, 1.54) is 10.6 Å². The number of ether oxygens (including phenoxy) is 11. The molecule has 0 spiro atoms. The second-order valence-corrected chi connectivity index (χ2v) is 30.2. The molecule has 0 saturated carbocycles. The predicted molar refractivity (Wildman–Crippen MR) is 436 cm³/mol. The first-order valence-corrected chi connectivity index (χ1v) is 40.5. The van der Waals surface area contributed by atoms with Crippen LogP contribution in [-0.4, -0.2) is 270 Å². The Kier molecular flexibility index (Phi) is 34.7. The molecule has 2 fully saturated rings. The standard InChI is InChI=1S/C86H116N10O19/c1-58(2)70-51-81(100)94(84(70)102)23-20-79(98)87-22-31-107-33-35-109-37-39-111-41-43-113-45-44-112-42-40-110-38-36-108-34-32-106-30-21-80(99)91-82(59(3)4)75(97)47-61(6)83(101)90-66-16-12-62(13-17-66)64-48-68-54-88-73-52-76(60(5)46-71(73)85(103)95(68)56-64)114-28-10-9-11-29-115-78-53-74-72(50-77(78)105-8)86(104)96-57-65(49-69(96)55-89-74)63-14-18-67(19-15-63)93-26-24-92(7)25-27-93/h12-19,46,50,52-59,61,68-70,82H,9-11,20-45,47-49,51H2,1-8H3,(H,87,98)(H,90,101)(H,91,99)/t61-,68+,69+,70?,82+/m1/s1. The third-order valence-corrected chi connectivity index (χ3v) is 20.9. The number of amides is 7. The molecular weight excluding hydrogens is 1480 g/mol. The lowest BCUT2D eigenvalue weighted by atomic mass is 9.92. The molecule has 0 radical (unpaired) electrons. The Morgan fingerprint density at radius 3 is 1.55 bits per heavy atom. The van der Waals surface area contributed by atoms with E-state index in [1.54, 1.807) is 54.3 Å². The SMILES string of the molecule is COc1cc2c(cc1OCCCCCOc1cc3c(cc1C)C(=O)N1C=C(c4ccc(NC(=O)[C@H](C)CC(=O)[C@@H](NC(=O)CCOCCOCCOCCOCCOCCOCCOCCOCCNC(=O)CCN5C(=O)CC(C(C)C)C5=O)C(C)C)cc4)C[C@H]1C=N3)N=C[C@@H]1CC(c3ccc(N4CCN(C)CC4)cc3)=CN1C2=O. The minimum Gasteiger partial charge on any atom is -0.493 e. The van der Waals surface area contributed by atoms with Gasteiger partial charge in [-0.15, -0.1) is 0 Å². The van der Waals surface area contributed by atoms with Crippen LogP contribution in [0.5, 0.6) is 17.2 Å². The molecule has 0 aliphatic carbocycles. The molecular formula is C86H116N10O19. The van der Waals surface area contributed by atoms with Crippen molar-refractivity contribution in [2.45, 2.75) is 117 Å². The highest BCUT2D eigenvalue weighted by Gasteiger charge is 2.41. The van der Waals surface area contributed by atoms with Crippen LogP contribution >= 0.6 is 0 Å². The number of carbonyl (C=O) groups excluding carboxylic acids is 8. The van der Waals surface area contributed by atoms with Crippen LogP contribution in [0.25, 0.3) is 11.1 Å². The van der Waals surface area contributed by atoms with Crippen LogP contribution in [0.15, 0.2) is 95.2 Å². The van der Waals surface area contributed by atoms with E-state index >= 15 is 0 Å². The molecule has 0 bridgehead atoms. The second-order valence-electron chi connectivity index (χ2n) is 30.2. The second kappa shape index (κ2) is 45.3. The summed E-state index contributed by atoms with van der Waals surface area (Å²) in [5.41, 5.74) is 8.64. The lowest BCUT2D eigenvalue weighted by Crippen LogP contribution is -2.45. The van der Waals surface area contributed by atoms with E-state index in [9.17, 15) is 38.4 Å². The quantitative estimate of drug-likeness (QED) is 0.0274. The number of hydrogen-bond donors (Lipinski definition) is 3. The number of nitrogens with one attached hydrogen (secondary N) is 3. The van der Waals surface area contributed by atoms with Crippen LogP contribution in [0.1, 0.15) is 130 Å². The van der Waals surface area contributed by atoms with Crippen molar-refractivity contribution in [3.8, 4) is 17.2 Å². The minimum atomic E-state index is -0.782. The van der Waals surface area contributed by atoms with Gasteiger partial charge in [-0.2, -0.15) is 0 Å². The Morgan fingerprint density at radius 1 is 0.539 bits per heavy atom. The van der Waals surface area contributed by atoms with Crippen LogP contribution in [0.3, 0.4) is 0 Å². The van der Waals surface area contributed by atoms with Gasteiger partial charge in [-0.05, 0) is 109 Å². The normalized spacial score (nSPS) is 17.8. The van der Waals surface area contributed by atoms with Crippen molar-refractivity contribution in [1.82, 2.24) is 30.2 Å². The van der Waals surface area contributed by atoms with Crippen molar-refractivity contribution in [2.24, 2.45) is 33.7 Å². The van der Waals surface area contributed by atoms with Gasteiger partial charge in [-0.3, -0.25) is 53.2 Å².